The molecule has 0 unspecified atom stereocenters. The number of thiazole rings is 1. The first-order chi connectivity index (χ1) is 13.1. The maximum Gasteiger partial charge on any atom is 0.257 e. The minimum atomic E-state index is -0.171. The number of hydrogen-bond donors (Lipinski definition) is 1. The molecule has 0 spiro atoms. The van der Waals surface area contributed by atoms with Gasteiger partial charge in [-0.1, -0.05) is 11.6 Å². The minimum Gasteiger partial charge on any atom is -0.497 e. The number of halogens is 1. The third kappa shape index (κ3) is 5.70. The van der Waals surface area contributed by atoms with E-state index in [0.29, 0.717) is 23.7 Å². The van der Waals surface area contributed by atoms with Crippen LogP contribution in [0.25, 0.3) is 10.6 Å². The molecule has 1 amide bonds. The van der Waals surface area contributed by atoms with Crippen LogP contribution in [0.4, 0.5) is 0 Å². The van der Waals surface area contributed by atoms with Crippen LogP contribution in [0.3, 0.4) is 0 Å². The van der Waals surface area contributed by atoms with Gasteiger partial charge >= 0.3 is 0 Å². The molecule has 0 aliphatic rings. The molecule has 5 nitrogen and oxygen atoms in total. The Morgan fingerprint density at radius 1 is 1.11 bits per heavy atom. The Hall–Kier alpha value is -2.57. The number of nitrogens with one attached hydrogen (secondary N) is 1. The topological polar surface area (TPSA) is 60.5 Å². The van der Waals surface area contributed by atoms with Crippen LogP contribution in [0, 0.1) is 0 Å². The van der Waals surface area contributed by atoms with E-state index >= 15 is 0 Å². The molecule has 27 heavy (non-hydrogen) atoms. The van der Waals surface area contributed by atoms with E-state index < -0.39 is 0 Å². The van der Waals surface area contributed by atoms with Crippen LogP contribution in [0.5, 0.6) is 11.5 Å². The molecule has 0 bridgehead atoms. The highest BCUT2D eigenvalue weighted by molar-refractivity contribution is 7.13. The number of aromatic nitrogens is 1. The molecule has 0 atom stereocenters. The number of benzene rings is 2. The van der Waals surface area contributed by atoms with Gasteiger partial charge in [0.05, 0.1) is 12.8 Å². The van der Waals surface area contributed by atoms with Gasteiger partial charge in [0.1, 0.15) is 16.5 Å². The Bertz CT molecular complexity index is 879. The van der Waals surface area contributed by atoms with Crippen LogP contribution >= 0.6 is 22.9 Å². The lowest BCUT2D eigenvalue weighted by Gasteiger charge is -2.07. The van der Waals surface area contributed by atoms with Gasteiger partial charge in [-0.2, -0.15) is 0 Å². The summed E-state index contributed by atoms with van der Waals surface area (Å²) in [4.78, 5) is 16.5. The number of carbonyl (C=O) groups is 1. The van der Waals surface area contributed by atoms with E-state index in [4.69, 9.17) is 21.1 Å². The average Bonchev–Trinajstić information content (AvgIpc) is 3.16. The summed E-state index contributed by atoms with van der Waals surface area (Å²) < 4.78 is 10.6. The second-order valence-corrected chi connectivity index (χ2v) is 7.01. The first kappa shape index (κ1) is 19.2. The predicted molar refractivity (Wildman–Crippen MR) is 108 cm³/mol. The molecule has 7 heteroatoms. The van der Waals surface area contributed by atoms with Gasteiger partial charge in [-0.3, -0.25) is 4.79 Å². The number of carbonyl (C=O) groups excluding carboxylic acids is 1. The number of ether oxygens (including phenoxy) is 2. The van der Waals surface area contributed by atoms with Crippen LogP contribution in [-0.4, -0.2) is 31.2 Å². The van der Waals surface area contributed by atoms with E-state index in [-0.39, 0.29) is 12.5 Å². The van der Waals surface area contributed by atoms with E-state index in [2.05, 4.69) is 10.3 Å². The number of rotatable bonds is 8. The summed E-state index contributed by atoms with van der Waals surface area (Å²) in [5, 5.41) is 6.42. The normalized spacial score (nSPS) is 10.4. The van der Waals surface area contributed by atoms with Gasteiger partial charge < -0.3 is 14.8 Å². The Balaban J connectivity index is 1.43. The third-order valence-electron chi connectivity index (χ3n) is 3.78. The summed E-state index contributed by atoms with van der Waals surface area (Å²) >= 11 is 7.39. The molecule has 1 heterocycles. The van der Waals surface area contributed by atoms with Crippen molar-refractivity contribution in [3.63, 3.8) is 0 Å². The van der Waals surface area contributed by atoms with Crippen molar-refractivity contribution >= 4 is 28.8 Å². The van der Waals surface area contributed by atoms with Crippen LogP contribution in [0.1, 0.15) is 5.69 Å². The molecule has 0 radical (unpaired) electrons. The van der Waals surface area contributed by atoms with Crippen molar-refractivity contribution in [2.45, 2.75) is 6.42 Å². The molecule has 0 aliphatic heterocycles. The van der Waals surface area contributed by atoms with Crippen molar-refractivity contribution in [2.75, 3.05) is 20.3 Å². The first-order valence-corrected chi connectivity index (χ1v) is 9.64. The molecule has 0 saturated carbocycles. The van der Waals surface area contributed by atoms with Gasteiger partial charge in [0.2, 0.25) is 0 Å². The number of methoxy groups -OCH3 is 1. The van der Waals surface area contributed by atoms with Gasteiger partial charge in [-0.25, -0.2) is 4.98 Å². The van der Waals surface area contributed by atoms with Crippen LogP contribution < -0.4 is 14.8 Å². The van der Waals surface area contributed by atoms with Gasteiger partial charge in [-0.05, 0) is 48.5 Å². The Kier molecular flexibility index (Phi) is 6.68. The van der Waals surface area contributed by atoms with Crippen LogP contribution in [0.2, 0.25) is 5.02 Å². The van der Waals surface area contributed by atoms with Gasteiger partial charge in [-0.15, -0.1) is 11.3 Å². The SMILES string of the molecule is COc1ccc(-c2nc(CCNC(=O)COc3ccc(Cl)cc3)cs2)cc1. The maximum atomic E-state index is 11.9. The summed E-state index contributed by atoms with van der Waals surface area (Å²) in [6.45, 7) is 0.477. The fourth-order valence-corrected chi connectivity index (χ4v) is 3.34. The highest BCUT2D eigenvalue weighted by Crippen LogP contribution is 2.25. The van der Waals surface area contributed by atoms with Crippen molar-refractivity contribution in [2.24, 2.45) is 0 Å². The van der Waals surface area contributed by atoms with Crippen LogP contribution in [-0.2, 0) is 11.2 Å². The highest BCUT2D eigenvalue weighted by Gasteiger charge is 2.07. The third-order valence-corrected chi connectivity index (χ3v) is 4.97. The number of amides is 1. The molecule has 0 aliphatic carbocycles. The molecular formula is C20H19ClN2O3S. The fraction of sp³-hybridized carbons (Fsp3) is 0.200. The lowest BCUT2D eigenvalue weighted by Crippen LogP contribution is -2.30. The number of hydrogen-bond acceptors (Lipinski definition) is 5. The second-order valence-electron chi connectivity index (χ2n) is 5.72. The summed E-state index contributed by atoms with van der Waals surface area (Å²) in [6, 6.07) is 14.7. The van der Waals surface area contributed by atoms with Crippen molar-refractivity contribution in [3.05, 3.63) is 64.6 Å². The van der Waals surface area contributed by atoms with E-state index in [0.717, 1.165) is 22.0 Å². The Morgan fingerprint density at radius 2 is 1.81 bits per heavy atom. The second kappa shape index (κ2) is 9.39. The zero-order chi connectivity index (χ0) is 19.1. The van der Waals surface area contributed by atoms with Crippen molar-refractivity contribution < 1.29 is 14.3 Å². The molecule has 2 aromatic carbocycles. The van der Waals surface area contributed by atoms with Crippen LogP contribution in [0.15, 0.2) is 53.9 Å². The molecule has 1 aromatic heterocycles. The lowest BCUT2D eigenvalue weighted by atomic mass is 10.2. The predicted octanol–water partition coefficient (Wildman–Crippen LogP) is 4.21. The van der Waals surface area contributed by atoms with E-state index in [1.165, 1.54) is 0 Å². The molecular weight excluding hydrogens is 384 g/mol. The summed E-state index contributed by atoms with van der Waals surface area (Å²) in [5.74, 6) is 1.26. The summed E-state index contributed by atoms with van der Waals surface area (Å²) in [6.07, 6.45) is 0.666. The van der Waals surface area contributed by atoms with Gasteiger partial charge in [0, 0.05) is 28.9 Å². The minimum absolute atomic E-state index is 0.0319. The van der Waals surface area contributed by atoms with Gasteiger partial charge in [0.15, 0.2) is 6.61 Å². The van der Waals surface area contributed by atoms with E-state index in [9.17, 15) is 4.79 Å². The molecule has 3 rings (SSSR count). The monoisotopic (exact) mass is 402 g/mol. The summed E-state index contributed by atoms with van der Waals surface area (Å²) in [5.41, 5.74) is 2.00. The zero-order valence-corrected chi connectivity index (χ0v) is 16.3. The largest absolute Gasteiger partial charge is 0.497 e. The highest BCUT2D eigenvalue weighted by atomic mass is 35.5. The molecule has 140 valence electrons. The molecule has 3 aromatic rings. The standard InChI is InChI=1S/C20H19ClN2O3S/c1-25-17-6-2-14(3-7-17)20-23-16(13-27-20)10-11-22-19(24)12-26-18-8-4-15(21)5-9-18/h2-9,13H,10-12H2,1H3,(H,22,24). The van der Waals surface area contributed by atoms with Crippen molar-refractivity contribution in [1.29, 1.82) is 0 Å². The molecule has 0 fully saturated rings. The molecule has 0 saturated heterocycles. The molecule has 1 N–H and O–H groups in total. The van der Waals surface area contributed by atoms with E-state index in [1.54, 1.807) is 42.7 Å². The van der Waals surface area contributed by atoms with Crippen molar-refractivity contribution in [3.8, 4) is 22.1 Å². The zero-order valence-electron chi connectivity index (χ0n) is 14.8. The Morgan fingerprint density at radius 3 is 2.52 bits per heavy atom. The summed E-state index contributed by atoms with van der Waals surface area (Å²) in [7, 11) is 1.64. The van der Waals surface area contributed by atoms with E-state index in [1.807, 2.05) is 29.6 Å². The fourth-order valence-electron chi connectivity index (χ4n) is 2.35. The smallest absolute Gasteiger partial charge is 0.257 e. The van der Waals surface area contributed by atoms with Gasteiger partial charge in [0.25, 0.3) is 5.91 Å². The average molecular weight is 403 g/mol. The number of nitrogens with zero attached hydrogens (tertiary/aromatic N) is 1. The maximum absolute atomic E-state index is 11.9. The Labute approximate surface area is 166 Å². The quantitative estimate of drug-likeness (QED) is 0.613. The van der Waals surface area contributed by atoms with Crippen molar-refractivity contribution in [1.82, 2.24) is 10.3 Å². The lowest BCUT2D eigenvalue weighted by molar-refractivity contribution is -0.123. The first-order valence-electron chi connectivity index (χ1n) is 8.38.